The number of benzene rings is 1. The summed E-state index contributed by atoms with van der Waals surface area (Å²) in [5, 5.41) is 214. The molecule has 0 saturated carbocycles. The fourth-order valence-corrected chi connectivity index (χ4v) is 12.7. The van der Waals surface area contributed by atoms with Gasteiger partial charge < -0.3 is 166 Å². The highest BCUT2D eigenvalue weighted by molar-refractivity contribution is 8.76. The Hall–Kier alpha value is -11.5. The molecular weight excluding hydrogens is 1750 g/mol. The molecular formula is C70H106N18O37S2. The van der Waals surface area contributed by atoms with Gasteiger partial charge in [-0.1, -0.05) is 21.6 Å². The van der Waals surface area contributed by atoms with E-state index >= 15 is 0 Å². The Labute approximate surface area is 725 Å². The normalized spacial score (nSPS) is 15.8. The summed E-state index contributed by atoms with van der Waals surface area (Å²) in [5.74, 6) is -21.5. The average molecular weight is 1860 g/mol. The minimum absolute atomic E-state index is 0.00815. The maximum Gasteiger partial charge on any atom is 0.426 e. The number of aliphatic hydroxyl groups excluding tert-OH is 15. The fraction of sp³-hybridized carbons (Fsp3) is 0.600. The Kier molecular flexibility index (Phi) is 48.8. The number of hydrazine groups is 1. The van der Waals surface area contributed by atoms with E-state index in [-0.39, 0.29) is 47.3 Å². The van der Waals surface area contributed by atoms with E-state index in [4.69, 9.17) is 10.5 Å². The molecule has 2 heterocycles. The number of rotatable bonds is 60. The number of carbonyl (C=O) groups excluding carboxylic acids is 12. The van der Waals surface area contributed by atoms with Crippen molar-refractivity contribution in [2.24, 2.45) is 0 Å². The monoisotopic (exact) mass is 1850 g/mol. The molecule has 0 aliphatic heterocycles. The van der Waals surface area contributed by atoms with Crippen LogP contribution in [0.5, 0.6) is 0 Å². The Bertz CT molecular complexity index is 4240. The number of ether oxygens (including phenoxy) is 1. The summed E-state index contributed by atoms with van der Waals surface area (Å²) in [6.45, 7) is -5.35. The van der Waals surface area contributed by atoms with Gasteiger partial charge in [0.25, 0.3) is 11.5 Å². The topological polar surface area (TPSA) is 921 Å². The molecule has 57 heteroatoms. The van der Waals surface area contributed by atoms with Crippen LogP contribution in [0.2, 0.25) is 0 Å². The number of carboxylic acids is 4. The highest BCUT2D eigenvalue weighted by Crippen LogP contribution is 2.23. The van der Waals surface area contributed by atoms with Gasteiger partial charge in [-0.25, -0.2) is 29.8 Å². The third kappa shape index (κ3) is 40.3. The molecule has 0 saturated heterocycles. The van der Waals surface area contributed by atoms with E-state index < -0.39 is 338 Å². The molecule has 19 atom stereocenters. The van der Waals surface area contributed by atoms with Crippen molar-refractivity contribution in [1.82, 2.24) is 84.0 Å². The van der Waals surface area contributed by atoms with Gasteiger partial charge in [-0.15, -0.1) is 0 Å². The molecule has 710 valence electrons. The van der Waals surface area contributed by atoms with Gasteiger partial charge in [0.2, 0.25) is 65.0 Å². The minimum atomic E-state index is -2.29. The van der Waals surface area contributed by atoms with Crippen LogP contribution in [0, 0.1) is 0 Å². The van der Waals surface area contributed by atoms with E-state index in [0.717, 1.165) is 28.5 Å². The summed E-state index contributed by atoms with van der Waals surface area (Å²) in [6.07, 6.45) is -36.5. The van der Waals surface area contributed by atoms with E-state index in [1.165, 1.54) is 30.5 Å². The number of aromatic amines is 1. The van der Waals surface area contributed by atoms with Crippen molar-refractivity contribution < 1.29 is 178 Å². The second-order valence-corrected chi connectivity index (χ2v) is 30.5. The number of anilines is 2. The summed E-state index contributed by atoms with van der Waals surface area (Å²) in [7, 11) is 1.68. The number of aromatic nitrogens is 4. The Morgan fingerprint density at radius 1 is 0.449 bits per heavy atom. The number of aliphatic hydroxyl groups is 15. The molecule has 2 aromatic heterocycles. The molecule has 1 aromatic carbocycles. The minimum Gasteiger partial charge on any atom is -0.481 e. The zero-order chi connectivity index (χ0) is 95.5. The smallest absolute Gasteiger partial charge is 0.426 e. The highest BCUT2D eigenvalue weighted by atomic mass is 33.1. The first kappa shape index (κ1) is 110. The van der Waals surface area contributed by atoms with E-state index in [1.807, 2.05) is 10.9 Å². The number of fused-ring (bicyclic) bond motifs is 1. The zero-order valence-electron chi connectivity index (χ0n) is 67.5. The maximum absolute atomic E-state index is 14.8. The van der Waals surface area contributed by atoms with Crippen LogP contribution in [0.15, 0.2) is 35.3 Å². The number of carboxylic acid groups (broad SMARTS) is 4. The van der Waals surface area contributed by atoms with Gasteiger partial charge in [-0.05, 0) is 62.8 Å². The van der Waals surface area contributed by atoms with Gasteiger partial charge >= 0.3 is 30.0 Å². The number of hydrogen-bond donors (Lipinski definition) is 34. The molecule has 0 unspecified atom stereocenters. The molecule has 0 aliphatic carbocycles. The predicted octanol–water partition coefficient (Wildman–Crippen LogP) is -14.3. The molecule has 0 radical (unpaired) electrons. The zero-order valence-corrected chi connectivity index (χ0v) is 69.1. The van der Waals surface area contributed by atoms with Crippen LogP contribution in [0.4, 0.5) is 16.4 Å². The van der Waals surface area contributed by atoms with Crippen LogP contribution >= 0.6 is 21.6 Å². The Balaban J connectivity index is 2.09. The van der Waals surface area contributed by atoms with Crippen LogP contribution in [0.1, 0.15) is 100 Å². The second-order valence-electron chi connectivity index (χ2n) is 27.9. The number of aliphatic carboxylic acids is 4. The van der Waals surface area contributed by atoms with Crippen LogP contribution in [0.25, 0.3) is 11.2 Å². The molecule has 55 nitrogen and oxygen atoms in total. The molecule has 3 aromatic rings. The standard InChI is InChI=1S/C70H106N18O37S2/c1-29(92)87-88-70(124)125-18-19-126-127-28-39(68(122)123)84-65(118)35(8-14-48(101)75-24-42(95)55(109)58(112)45(98)27-91)80-64(117)37(11-17-51(105)106)82-62(115)34(7-13-47(100)74-23-41(94)54(108)57(111)44(97)26-90)79-63(116)36(10-16-50(103)104)81-61(114)33(6-12-46(99)73-22-40(93)53(107)56(110)43(96)25-89)78-49(102)15-9-38(67(120)121)83-60(113)30-2-4-31(5-3-30)72-20-32-21-76-59-52(77-32)66(119)86-69(71)85-59/h2-5,21,33-45,53-58,72,89-91,93-98,107-112H,6-20,22-28H2,1H3,(H,73,99)(H,74,100)(H,75,101)(H,78,102)(H,79,116)(H,80,117)(H,81,114)(H,82,115)(H,83,113)(H,84,118)(H,87,92)(H,88,124)(H,103,104)(H,105,106)(H,120,121)(H,122,123)(H3,71,76,85,86,119)/t33-,34-,35-,36+,37+,38+,39+,40-,41-,42-,43+,44+,45+,53+,54+,55+,56+,57+,58+/m0/s1. The lowest BCUT2D eigenvalue weighted by atomic mass is 10.0. The molecule has 0 aliphatic rings. The van der Waals surface area contributed by atoms with Crippen LogP contribution in [0.3, 0.4) is 0 Å². The number of nitrogens with zero attached hydrogens (tertiary/aromatic N) is 3. The van der Waals surface area contributed by atoms with E-state index in [0.29, 0.717) is 5.69 Å². The Morgan fingerprint density at radius 3 is 1.20 bits per heavy atom. The molecule has 35 N–H and O–H groups in total. The number of nitrogen functional groups attached to an aromatic ring is 1. The van der Waals surface area contributed by atoms with Crippen molar-refractivity contribution in [3.8, 4) is 0 Å². The molecule has 0 spiro atoms. The summed E-state index contributed by atoms with van der Waals surface area (Å²) < 4.78 is 4.85. The number of nitrogens with two attached hydrogens (primary N) is 1. The molecule has 127 heavy (non-hydrogen) atoms. The van der Waals surface area contributed by atoms with Crippen molar-refractivity contribution in [3.05, 3.63) is 52.1 Å². The predicted molar refractivity (Wildman–Crippen MR) is 431 cm³/mol. The molecule has 0 fully saturated rings. The summed E-state index contributed by atoms with van der Waals surface area (Å²) in [4.78, 5) is 240. The fourth-order valence-electron chi connectivity index (χ4n) is 10.8. The van der Waals surface area contributed by atoms with E-state index in [1.54, 1.807) is 0 Å². The SMILES string of the molecule is CC(=O)NNC(=O)OCCSSC[C@@H](NC(=O)[C@H](CCC(=O)NC[C@H](O)[C@@H](O)[C@H](O)[C@H](O)CO)NC(=O)[C@@H](CCC(=O)O)NC(=O)[C@H](CCC(=O)NC[C@H](O)[C@@H](O)[C@H](O)[C@H](O)CO)NC(=O)[C@@H](CCC(=O)O)NC(=O)[C@H](CCC(=O)NC[C@H](O)[C@@H](O)[C@H](O)[C@H](O)CO)NC(=O)CC[C@@H](NC(=O)c1ccc(NCc2cnc3nc(N)[nH]c(=O)c3n2)cc1)C(=O)O)C(=O)O. The summed E-state index contributed by atoms with van der Waals surface area (Å²) in [6, 6.07) is -9.39. The van der Waals surface area contributed by atoms with Crippen LogP contribution < -0.4 is 80.6 Å². The van der Waals surface area contributed by atoms with Gasteiger partial charge in [-0.3, -0.25) is 77.5 Å². The number of amides is 12. The van der Waals surface area contributed by atoms with Gasteiger partial charge in [0.1, 0.15) is 104 Å². The van der Waals surface area contributed by atoms with Gasteiger partial charge in [0.15, 0.2) is 11.2 Å². The van der Waals surface area contributed by atoms with Crippen molar-refractivity contribution in [1.29, 1.82) is 0 Å². The average Bonchev–Trinajstić information content (AvgIpc) is 0.808. The van der Waals surface area contributed by atoms with Crippen molar-refractivity contribution >= 4 is 139 Å². The van der Waals surface area contributed by atoms with Crippen molar-refractivity contribution in [2.75, 3.05) is 68.6 Å². The largest absolute Gasteiger partial charge is 0.481 e. The first-order valence-corrected chi connectivity index (χ1v) is 40.9. The van der Waals surface area contributed by atoms with Crippen molar-refractivity contribution in [2.45, 2.75) is 206 Å². The molecule has 0 bridgehead atoms. The van der Waals surface area contributed by atoms with E-state index in [2.05, 4.69) is 78.4 Å². The lowest BCUT2D eigenvalue weighted by Gasteiger charge is -2.28. The van der Waals surface area contributed by atoms with Crippen LogP contribution in [-0.2, 0) is 78.4 Å². The van der Waals surface area contributed by atoms with Gasteiger partial charge in [-0.2, -0.15) is 4.98 Å². The summed E-state index contributed by atoms with van der Waals surface area (Å²) >= 11 is 0. The number of hydrogen-bond acceptors (Lipinski definition) is 40. The first-order chi connectivity index (χ1) is 59.8. The number of carbonyl (C=O) groups is 16. The first-order valence-electron chi connectivity index (χ1n) is 38.4. The maximum atomic E-state index is 14.8. The third-order valence-corrected chi connectivity index (χ3v) is 20.4. The number of nitrogens with one attached hydrogen (secondary N) is 14. The quantitative estimate of drug-likeness (QED) is 0.0142. The third-order valence-electron chi connectivity index (χ3n) is 18.0. The van der Waals surface area contributed by atoms with Gasteiger partial charge in [0, 0.05) is 87.8 Å². The lowest BCUT2D eigenvalue weighted by molar-refractivity contribution is -0.142. The lowest BCUT2D eigenvalue weighted by Crippen LogP contribution is -2.60. The van der Waals surface area contributed by atoms with E-state index in [9.17, 15) is 179 Å². The van der Waals surface area contributed by atoms with Crippen molar-refractivity contribution in [3.63, 3.8) is 0 Å². The van der Waals surface area contributed by atoms with Gasteiger partial charge in [0.05, 0.1) is 56.6 Å². The highest BCUT2D eigenvalue weighted by Gasteiger charge is 2.38. The summed E-state index contributed by atoms with van der Waals surface area (Å²) in [5.41, 5.74) is 9.20. The second kappa shape index (κ2) is 56.5. The Morgan fingerprint density at radius 2 is 0.819 bits per heavy atom. The molecule has 3 rings (SSSR count). The number of H-pyrrole nitrogens is 1. The molecule has 12 amide bonds. The van der Waals surface area contributed by atoms with Crippen LogP contribution in [-0.4, -0.2) is 385 Å².